The standard InChI is InChI=1S/C7H13N/c1-4-6(2)5-7(3)8/h2-5,8H2,1H3. The number of nitrogens with two attached hydrogens (primary N) is 1. The van der Waals surface area contributed by atoms with Crippen molar-refractivity contribution < 1.29 is 0 Å². The zero-order valence-electron chi connectivity index (χ0n) is 5.41. The molecule has 0 atom stereocenters. The van der Waals surface area contributed by atoms with E-state index in [2.05, 4.69) is 20.1 Å². The van der Waals surface area contributed by atoms with E-state index in [1.165, 1.54) is 0 Å². The first-order valence-electron chi connectivity index (χ1n) is 2.76. The normalized spacial score (nSPS) is 8.62. The highest BCUT2D eigenvalue weighted by Crippen LogP contribution is 2.04. The van der Waals surface area contributed by atoms with E-state index >= 15 is 0 Å². The number of rotatable bonds is 3. The second kappa shape index (κ2) is 3.30. The third kappa shape index (κ3) is 3.47. The summed E-state index contributed by atoms with van der Waals surface area (Å²) >= 11 is 0. The van der Waals surface area contributed by atoms with Gasteiger partial charge in [0.25, 0.3) is 0 Å². The van der Waals surface area contributed by atoms with Crippen LogP contribution >= 0.6 is 0 Å². The Morgan fingerprint density at radius 2 is 2.00 bits per heavy atom. The molecule has 0 spiro atoms. The van der Waals surface area contributed by atoms with Crippen molar-refractivity contribution in [1.82, 2.24) is 0 Å². The highest BCUT2D eigenvalue weighted by Gasteiger charge is 1.88. The largest absolute Gasteiger partial charge is 0.402 e. The van der Waals surface area contributed by atoms with E-state index in [4.69, 9.17) is 5.73 Å². The fourth-order valence-electron chi connectivity index (χ4n) is 0.446. The first-order chi connectivity index (χ1) is 3.66. The summed E-state index contributed by atoms with van der Waals surface area (Å²) in [6, 6.07) is 0. The van der Waals surface area contributed by atoms with Gasteiger partial charge in [0, 0.05) is 12.1 Å². The average molecular weight is 111 g/mol. The lowest BCUT2D eigenvalue weighted by atomic mass is 10.1. The van der Waals surface area contributed by atoms with Crippen molar-refractivity contribution in [1.29, 1.82) is 0 Å². The van der Waals surface area contributed by atoms with Gasteiger partial charge in [-0.05, 0) is 6.42 Å². The molecule has 0 saturated carbocycles. The highest BCUT2D eigenvalue weighted by atomic mass is 14.6. The topological polar surface area (TPSA) is 26.0 Å². The summed E-state index contributed by atoms with van der Waals surface area (Å²) in [5.74, 6) is 0. The van der Waals surface area contributed by atoms with Gasteiger partial charge in [-0.25, -0.2) is 0 Å². The molecule has 0 aromatic carbocycles. The van der Waals surface area contributed by atoms with Gasteiger partial charge in [0.1, 0.15) is 0 Å². The number of allylic oxidation sites excluding steroid dienone is 1. The van der Waals surface area contributed by atoms with E-state index in [1.54, 1.807) is 0 Å². The molecular weight excluding hydrogens is 98.1 g/mol. The van der Waals surface area contributed by atoms with Crippen LogP contribution in [0.25, 0.3) is 0 Å². The molecule has 0 bridgehead atoms. The molecule has 0 heterocycles. The molecule has 0 radical (unpaired) electrons. The van der Waals surface area contributed by atoms with Crippen LogP contribution in [0.1, 0.15) is 19.8 Å². The molecule has 1 nitrogen and oxygen atoms in total. The highest BCUT2D eigenvalue weighted by molar-refractivity contribution is 5.05. The lowest BCUT2D eigenvalue weighted by Gasteiger charge is -1.98. The summed E-state index contributed by atoms with van der Waals surface area (Å²) < 4.78 is 0. The van der Waals surface area contributed by atoms with Crippen LogP contribution in [-0.4, -0.2) is 0 Å². The zero-order chi connectivity index (χ0) is 6.57. The van der Waals surface area contributed by atoms with Crippen molar-refractivity contribution >= 4 is 0 Å². The molecule has 46 valence electrons. The van der Waals surface area contributed by atoms with Gasteiger partial charge in [0.05, 0.1) is 0 Å². The first kappa shape index (κ1) is 7.28. The maximum atomic E-state index is 5.31. The Balaban J connectivity index is 3.40. The monoisotopic (exact) mass is 111 g/mol. The minimum Gasteiger partial charge on any atom is -0.402 e. The van der Waals surface area contributed by atoms with Crippen molar-refractivity contribution in [3.63, 3.8) is 0 Å². The SMILES string of the molecule is C=C(N)CC(=C)CC. The molecule has 0 aliphatic carbocycles. The molecular formula is C7H13N. The van der Waals surface area contributed by atoms with Gasteiger partial charge in [-0.15, -0.1) is 0 Å². The van der Waals surface area contributed by atoms with Crippen LogP contribution in [0.15, 0.2) is 24.4 Å². The molecule has 0 unspecified atom stereocenters. The maximum Gasteiger partial charge on any atom is 0.00707 e. The summed E-state index contributed by atoms with van der Waals surface area (Å²) in [7, 11) is 0. The molecule has 0 aromatic heterocycles. The van der Waals surface area contributed by atoms with Crippen molar-refractivity contribution in [2.24, 2.45) is 5.73 Å². The predicted molar refractivity (Wildman–Crippen MR) is 37.4 cm³/mol. The lowest BCUT2D eigenvalue weighted by Crippen LogP contribution is -1.94. The van der Waals surface area contributed by atoms with E-state index in [0.717, 1.165) is 18.4 Å². The number of hydrogen-bond acceptors (Lipinski definition) is 1. The fraction of sp³-hybridized carbons (Fsp3) is 0.429. The maximum absolute atomic E-state index is 5.31. The summed E-state index contributed by atoms with van der Waals surface area (Å²) in [6.45, 7) is 9.39. The number of hydrogen-bond donors (Lipinski definition) is 1. The molecule has 0 aliphatic rings. The summed E-state index contributed by atoms with van der Waals surface area (Å²) in [5, 5.41) is 0. The second-order valence-corrected chi connectivity index (χ2v) is 1.94. The van der Waals surface area contributed by atoms with Crippen LogP contribution in [0, 0.1) is 0 Å². The van der Waals surface area contributed by atoms with Crippen LogP contribution in [-0.2, 0) is 0 Å². The van der Waals surface area contributed by atoms with E-state index in [9.17, 15) is 0 Å². The van der Waals surface area contributed by atoms with Gasteiger partial charge in [0.15, 0.2) is 0 Å². The lowest BCUT2D eigenvalue weighted by molar-refractivity contribution is 0.990. The molecule has 0 amide bonds. The van der Waals surface area contributed by atoms with Gasteiger partial charge in [-0.2, -0.15) is 0 Å². The van der Waals surface area contributed by atoms with E-state index in [1.807, 2.05) is 0 Å². The molecule has 0 aliphatic heterocycles. The van der Waals surface area contributed by atoms with Gasteiger partial charge in [-0.1, -0.05) is 25.7 Å². The van der Waals surface area contributed by atoms with E-state index in [-0.39, 0.29) is 0 Å². The predicted octanol–water partition coefficient (Wildman–Crippen LogP) is 1.82. The molecule has 0 fully saturated rings. The third-order valence-electron chi connectivity index (χ3n) is 0.977. The van der Waals surface area contributed by atoms with Crippen molar-refractivity contribution in [3.05, 3.63) is 24.4 Å². The van der Waals surface area contributed by atoms with E-state index in [0.29, 0.717) is 5.70 Å². The minimum absolute atomic E-state index is 0.705. The van der Waals surface area contributed by atoms with Crippen molar-refractivity contribution in [2.45, 2.75) is 19.8 Å². The molecule has 1 heteroatoms. The van der Waals surface area contributed by atoms with Crippen LogP contribution < -0.4 is 5.73 Å². The van der Waals surface area contributed by atoms with Crippen LogP contribution in [0.4, 0.5) is 0 Å². The Morgan fingerprint density at radius 1 is 1.50 bits per heavy atom. The van der Waals surface area contributed by atoms with Crippen LogP contribution in [0.2, 0.25) is 0 Å². The van der Waals surface area contributed by atoms with Crippen LogP contribution in [0.5, 0.6) is 0 Å². The smallest absolute Gasteiger partial charge is 0.00707 e. The Morgan fingerprint density at radius 3 is 2.12 bits per heavy atom. The van der Waals surface area contributed by atoms with Crippen molar-refractivity contribution in [3.8, 4) is 0 Å². The Labute approximate surface area is 50.9 Å². The van der Waals surface area contributed by atoms with Gasteiger partial charge >= 0.3 is 0 Å². The summed E-state index contributed by atoms with van der Waals surface area (Å²) in [6.07, 6.45) is 1.77. The molecule has 0 saturated heterocycles. The first-order valence-corrected chi connectivity index (χ1v) is 2.76. The van der Waals surface area contributed by atoms with Gasteiger partial charge in [0.2, 0.25) is 0 Å². The Hall–Kier alpha value is -0.720. The third-order valence-corrected chi connectivity index (χ3v) is 0.977. The second-order valence-electron chi connectivity index (χ2n) is 1.94. The fourth-order valence-corrected chi connectivity index (χ4v) is 0.446. The molecule has 0 rings (SSSR count). The Bertz CT molecular complexity index is 103. The summed E-state index contributed by atoms with van der Waals surface area (Å²) in [4.78, 5) is 0. The average Bonchev–Trinajstić information content (AvgIpc) is 1.65. The quantitative estimate of drug-likeness (QED) is 0.552. The Kier molecular flexibility index (Phi) is 3.01. The van der Waals surface area contributed by atoms with Crippen LogP contribution in [0.3, 0.4) is 0 Å². The van der Waals surface area contributed by atoms with Gasteiger partial charge < -0.3 is 5.73 Å². The minimum atomic E-state index is 0.705. The summed E-state index contributed by atoms with van der Waals surface area (Å²) in [5.41, 5.74) is 7.17. The molecule has 8 heavy (non-hydrogen) atoms. The van der Waals surface area contributed by atoms with Crippen molar-refractivity contribution in [2.75, 3.05) is 0 Å². The van der Waals surface area contributed by atoms with E-state index < -0.39 is 0 Å². The molecule has 2 N–H and O–H groups in total. The zero-order valence-corrected chi connectivity index (χ0v) is 5.41. The van der Waals surface area contributed by atoms with Gasteiger partial charge in [-0.3, -0.25) is 0 Å². The molecule has 0 aromatic rings.